The second-order valence-electron chi connectivity index (χ2n) is 7.68. The van der Waals surface area contributed by atoms with Crippen LogP contribution in [0.5, 0.6) is 0 Å². The highest BCUT2D eigenvalue weighted by Crippen LogP contribution is 2.27. The first kappa shape index (κ1) is 18.0. The lowest BCUT2D eigenvalue weighted by Gasteiger charge is -2.31. The van der Waals surface area contributed by atoms with Crippen molar-refractivity contribution in [2.45, 2.75) is 26.2 Å². The number of hydrazine groups is 1. The van der Waals surface area contributed by atoms with Crippen LogP contribution < -0.4 is 5.01 Å². The van der Waals surface area contributed by atoms with E-state index >= 15 is 0 Å². The Balaban J connectivity index is 1.88. The zero-order valence-corrected chi connectivity index (χ0v) is 16.2. The third-order valence-electron chi connectivity index (χ3n) is 4.86. The minimum atomic E-state index is -0.0270. The van der Waals surface area contributed by atoms with Crippen molar-refractivity contribution < 1.29 is 4.79 Å². The first-order valence-corrected chi connectivity index (χ1v) is 8.89. The van der Waals surface area contributed by atoms with E-state index in [1.807, 2.05) is 67.6 Å². The number of hydrogen-bond acceptors (Lipinski definition) is 2. The molecule has 26 heavy (non-hydrogen) atoms. The van der Waals surface area contributed by atoms with E-state index in [4.69, 9.17) is 0 Å². The number of rotatable bonds is 3. The molecule has 0 heterocycles. The Bertz CT molecular complexity index is 918. The van der Waals surface area contributed by atoms with Crippen LogP contribution in [0.25, 0.3) is 10.8 Å². The molecule has 3 heteroatoms. The summed E-state index contributed by atoms with van der Waals surface area (Å²) in [7, 11) is 3.73. The minimum absolute atomic E-state index is 0.0270. The molecule has 0 atom stereocenters. The smallest absolute Gasteiger partial charge is 0.272 e. The summed E-state index contributed by atoms with van der Waals surface area (Å²) in [6.07, 6.45) is 0. The molecule has 0 spiro atoms. The molecule has 0 saturated heterocycles. The molecular weight excluding hydrogens is 320 g/mol. The van der Waals surface area contributed by atoms with Gasteiger partial charge in [-0.05, 0) is 34.6 Å². The molecule has 3 nitrogen and oxygen atoms in total. The Morgan fingerprint density at radius 1 is 0.808 bits per heavy atom. The van der Waals surface area contributed by atoms with E-state index in [-0.39, 0.29) is 11.3 Å². The highest BCUT2D eigenvalue weighted by atomic mass is 16.2. The Hall–Kier alpha value is -2.81. The normalized spacial score (nSPS) is 11.4. The summed E-state index contributed by atoms with van der Waals surface area (Å²) in [5.41, 5.74) is 2.99. The van der Waals surface area contributed by atoms with Crippen LogP contribution in [0.1, 0.15) is 36.7 Å². The van der Waals surface area contributed by atoms with Crippen molar-refractivity contribution >= 4 is 22.4 Å². The van der Waals surface area contributed by atoms with Gasteiger partial charge >= 0.3 is 0 Å². The lowest BCUT2D eigenvalue weighted by atomic mass is 9.87. The molecule has 0 aliphatic rings. The number of anilines is 1. The maximum absolute atomic E-state index is 12.9. The third-order valence-corrected chi connectivity index (χ3v) is 4.86. The Morgan fingerprint density at radius 3 is 2.08 bits per heavy atom. The number of hydrogen-bond donors (Lipinski definition) is 0. The second-order valence-corrected chi connectivity index (χ2v) is 7.68. The highest BCUT2D eigenvalue weighted by molar-refractivity contribution is 5.98. The fourth-order valence-corrected chi connectivity index (χ4v) is 3.09. The van der Waals surface area contributed by atoms with Gasteiger partial charge in [-0.1, -0.05) is 69.3 Å². The molecule has 3 rings (SSSR count). The predicted octanol–water partition coefficient (Wildman–Crippen LogP) is 5.26. The molecule has 0 bridgehead atoms. The van der Waals surface area contributed by atoms with E-state index in [1.54, 1.807) is 5.01 Å². The molecule has 0 aliphatic heterocycles. The van der Waals surface area contributed by atoms with Gasteiger partial charge < -0.3 is 0 Å². The van der Waals surface area contributed by atoms with E-state index in [0.717, 1.165) is 16.5 Å². The summed E-state index contributed by atoms with van der Waals surface area (Å²) in [6.45, 7) is 6.51. The number of fused-ring (bicyclic) bond motifs is 1. The predicted molar refractivity (Wildman–Crippen MR) is 110 cm³/mol. The zero-order valence-electron chi connectivity index (χ0n) is 16.2. The van der Waals surface area contributed by atoms with E-state index < -0.39 is 0 Å². The average Bonchev–Trinajstić information content (AvgIpc) is 2.65. The van der Waals surface area contributed by atoms with E-state index in [2.05, 4.69) is 39.0 Å². The quantitative estimate of drug-likeness (QED) is 0.604. The molecule has 1 amide bonds. The van der Waals surface area contributed by atoms with Gasteiger partial charge in [-0.3, -0.25) is 14.8 Å². The second kappa shape index (κ2) is 6.83. The number of carbonyl (C=O) groups is 1. The molecule has 0 unspecified atom stereocenters. The topological polar surface area (TPSA) is 23.6 Å². The molecule has 0 aliphatic carbocycles. The maximum Gasteiger partial charge on any atom is 0.272 e. The molecular formula is C23H26N2O. The van der Waals surface area contributed by atoms with Crippen molar-refractivity contribution in [3.8, 4) is 0 Å². The molecule has 3 aromatic rings. The van der Waals surface area contributed by atoms with Crippen LogP contribution in [-0.4, -0.2) is 25.0 Å². The SMILES string of the molecule is CN(C(=O)c1ccc(C(C)(C)C)cc1)N(C)c1cccc2ccccc12. The lowest BCUT2D eigenvalue weighted by molar-refractivity contribution is 0.0787. The number of nitrogens with zero attached hydrogens (tertiary/aromatic N) is 2. The molecule has 3 aromatic carbocycles. The zero-order chi connectivity index (χ0) is 18.9. The molecule has 0 N–H and O–H groups in total. The third kappa shape index (κ3) is 3.43. The summed E-state index contributed by atoms with van der Waals surface area (Å²) in [5.74, 6) is -0.0270. The molecule has 0 saturated carbocycles. The maximum atomic E-state index is 12.9. The van der Waals surface area contributed by atoms with Gasteiger partial charge in [-0.25, -0.2) is 0 Å². The van der Waals surface area contributed by atoms with Crippen LogP contribution >= 0.6 is 0 Å². The van der Waals surface area contributed by atoms with Gasteiger partial charge in [0.2, 0.25) is 0 Å². The van der Waals surface area contributed by atoms with E-state index in [1.165, 1.54) is 5.56 Å². The van der Waals surface area contributed by atoms with Crippen LogP contribution in [0, 0.1) is 0 Å². The van der Waals surface area contributed by atoms with Crippen LogP contribution in [0.15, 0.2) is 66.7 Å². The fourth-order valence-electron chi connectivity index (χ4n) is 3.09. The van der Waals surface area contributed by atoms with Crippen molar-refractivity contribution in [2.24, 2.45) is 0 Å². The largest absolute Gasteiger partial charge is 0.285 e. The van der Waals surface area contributed by atoms with Crippen LogP contribution in [0.2, 0.25) is 0 Å². The number of carbonyl (C=O) groups excluding carboxylic acids is 1. The van der Waals surface area contributed by atoms with Crippen molar-refractivity contribution in [3.63, 3.8) is 0 Å². The molecule has 0 aromatic heterocycles. The van der Waals surface area contributed by atoms with Gasteiger partial charge in [0, 0.05) is 25.0 Å². The van der Waals surface area contributed by atoms with Gasteiger partial charge in [0.1, 0.15) is 0 Å². The summed E-state index contributed by atoms with van der Waals surface area (Å²) in [5, 5.41) is 5.85. The van der Waals surface area contributed by atoms with E-state index in [9.17, 15) is 4.79 Å². The van der Waals surface area contributed by atoms with Gasteiger partial charge in [0.05, 0.1) is 5.69 Å². The van der Waals surface area contributed by atoms with Crippen LogP contribution in [0.3, 0.4) is 0 Å². The summed E-state index contributed by atoms with van der Waals surface area (Å²) in [6, 6.07) is 22.3. The number of amides is 1. The van der Waals surface area contributed by atoms with Gasteiger partial charge in [0.15, 0.2) is 0 Å². The summed E-state index contributed by atoms with van der Waals surface area (Å²) < 4.78 is 0. The first-order valence-electron chi connectivity index (χ1n) is 8.89. The highest BCUT2D eigenvalue weighted by Gasteiger charge is 2.19. The van der Waals surface area contributed by atoms with Crippen molar-refractivity contribution in [1.82, 2.24) is 5.01 Å². The minimum Gasteiger partial charge on any atom is -0.285 e. The molecule has 0 radical (unpaired) electrons. The first-order chi connectivity index (χ1) is 12.3. The monoisotopic (exact) mass is 346 g/mol. The number of benzene rings is 3. The van der Waals surface area contributed by atoms with Gasteiger partial charge in [0.25, 0.3) is 5.91 Å². The van der Waals surface area contributed by atoms with Crippen molar-refractivity contribution in [2.75, 3.05) is 19.1 Å². The van der Waals surface area contributed by atoms with E-state index in [0.29, 0.717) is 5.56 Å². The Morgan fingerprint density at radius 2 is 1.42 bits per heavy atom. The molecule has 134 valence electrons. The Kier molecular flexibility index (Phi) is 4.73. The Labute approximate surface area is 155 Å². The van der Waals surface area contributed by atoms with Crippen LogP contribution in [0.4, 0.5) is 5.69 Å². The summed E-state index contributed by atoms with van der Waals surface area (Å²) >= 11 is 0. The van der Waals surface area contributed by atoms with Gasteiger partial charge in [-0.2, -0.15) is 0 Å². The van der Waals surface area contributed by atoms with Gasteiger partial charge in [-0.15, -0.1) is 0 Å². The van der Waals surface area contributed by atoms with Crippen molar-refractivity contribution in [3.05, 3.63) is 77.9 Å². The standard InChI is InChI=1S/C23H26N2O/c1-23(2,3)19-15-13-18(14-16-19)22(26)25(5)24(4)21-12-8-10-17-9-6-7-11-20(17)21/h6-16H,1-5H3. The lowest BCUT2D eigenvalue weighted by Crippen LogP contribution is -2.41. The van der Waals surface area contributed by atoms with Crippen LogP contribution in [-0.2, 0) is 5.41 Å². The average molecular weight is 346 g/mol. The van der Waals surface area contributed by atoms with Crippen molar-refractivity contribution in [1.29, 1.82) is 0 Å². The molecule has 0 fully saturated rings. The fraction of sp³-hybridized carbons (Fsp3) is 0.261. The summed E-state index contributed by atoms with van der Waals surface area (Å²) in [4.78, 5) is 12.9.